The van der Waals surface area contributed by atoms with Gasteiger partial charge in [0.25, 0.3) is 0 Å². The Kier molecular flexibility index (Phi) is 5.04. The van der Waals surface area contributed by atoms with E-state index in [4.69, 9.17) is 11.6 Å². The number of alkyl halides is 1. The number of amides is 1. The fraction of sp³-hybridized carbons (Fsp3) is 0.435. The van der Waals surface area contributed by atoms with Gasteiger partial charge in [0.2, 0.25) is 5.91 Å². The molecule has 4 rings (SSSR count). The molecule has 0 bridgehead atoms. The Labute approximate surface area is 161 Å². The van der Waals surface area contributed by atoms with Gasteiger partial charge in [0.15, 0.2) is 0 Å². The zero-order valence-corrected chi connectivity index (χ0v) is 15.9. The minimum absolute atomic E-state index is 0.0865. The molecule has 1 amide bonds. The molecule has 1 atom stereocenters. The molecule has 26 heavy (non-hydrogen) atoms. The Morgan fingerprint density at radius 3 is 1.92 bits per heavy atom. The standard InChI is InChI=1S/C23H26ClNO/c24-16-20-17-25(21-14-8-3-9-15-21)22(26)23(20,18-10-4-1-5-11-18)19-12-6-2-7-13-19/h1-2,4-7,10-13,20-21H,3,8-9,14-17H2. The van der Waals surface area contributed by atoms with Crippen molar-refractivity contribution < 1.29 is 4.79 Å². The number of hydrogen-bond acceptors (Lipinski definition) is 1. The lowest BCUT2D eigenvalue weighted by molar-refractivity contribution is -0.134. The van der Waals surface area contributed by atoms with E-state index < -0.39 is 5.41 Å². The molecule has 1 aliphatic carbocycles. The summed E-state index contributed by atoms with van der Waals surface area (Å²) in [5, 5.41) is 0. The molecule has 3 heteroatoms. The van der Waals surface area contributed by atoms with Gasteiger partial charge in [0.1, 0.15) is 5.41 Å². The lowest BCUT2D eigenvalue weighted by Gasteiger charge is -2.35. The number of halogens is 1. The molecule has 2 fully saturated rings. The third-order valence-corrected chi connectivity index (χ3v) is 6.66. The molecule has 0 aromatic heterocycles. The second-order valence-corrected chi connectivity index (χ2v) is 7.95. The van der Waals surface area contributed by atoms with E-state index in [1.165, 1.54) is 19.3 Å². The third kappa shape index (κ3) is 2.75. The molecule has 136 valence electrons. The molecular weight excluding hydrogens is 342 g/mol. The molecule has 1 saturated carbocycles. The van der Waals surface area contributed by atoms with Gasteiger partial charge in [-0.2, -0.15) is 0 Å². The van der Waals surface area contributed by atoms with Crippen LogP contribution in [0.1, 0.15) is 43.2 Å². The van der Waals surface area contributed by atoms with Crippen LogP contribution in [0.5, 0.6) is 0 Å². The molecule has 1 unspecified atom stereocenters. The van der Waals surface area contributed by atoms with Crippen LogP contribution in [-0.4, -0.2) is 29.3 Å². The van der Waals surface area contributed by atoms with Gasteiger partial charge in [0, 0.05) is 24.4 Å². The largest absolute Gasteiger partial charge is 0.338 e. The summed E-state index contributed by atoms with van der Waals surface area (Å²) in [5.74, 6) is 0.814. The number of benzene rings is 2. The first-order chi connectivity index (χ1) is 12.8. The number of carbonyl (C=O) groups excluding carboxylic acids is 1. The van der Waals surface area contributed by atoms with Crippen LogP contribution in [0.15, 0.2) is 60.7 Å². The van der Waals surface area contributed by atoms with Crippen molar-refractivity contribution in [1.82, 2.24) is 4.90 Å². The van der Waals surface area contributed by atoms with Crippen LogP contribution >= 0.6 is 11.6 Å². The molecule has 2 aromatic rings. The summed E-state index contributed by atoms with van der Waals surface area (Å²) in [6, 6.07) is 20.9. The average molecular weight is 368 g/mol. The van der Waals surface area contributed by atoms with Crippen molar-refractivity contribution in [2.45, 2.75) is 43.6 Å². The molecule has 2 aromatic carbocycles. The Hall–Kier alpha value is -1.80. The summed E-state index contributed by atoms with van der Waals surface area (Å²) in [6.07, 6.45) is 5.99. The monoisotopic (exact) mass is 367 g/mol. The zero-order chi connectivity index (χ0) is 18.0. The van der Waals surface area contributed by atoms with Gasteiger partial charge in [-0.25, -0.2) is 0 Å². The van der Waals surface area contributed by atoms with E-state index in [-0.39, 0.29) is 11.8 Å². The van der Waals surface area contributed by atoms with E-state index in [1.54, 1.807) is 0 Å². The van der Waals surface area contributed by atoms with Gasteiger partial charge in [0.05, 0.1) is 0 Å². The van der Waals surface area contributed by atoms with Crippen LogP contribution in [0, 0.1) is 5.92 Å². The minimum atomic E-state index is -0.665. The SMILES string of the molecule is O=C1N(C2CCCCC2)CC(CCl)C1(c1ccccc1)c1ccccc1. The summed E-state index contributed by atoms with van der Waals surface area (Å²) in [4.78, 5) is 16.1. The van der Waals surface area contributed by atoms with Gasteiger partial charge >= 0.3 is 0 Å². The first-order valence-corrected chi connectivity index (χ1v) is 10.3. The normalized spacial score (nSPS) is 23.3. The highest BCUT2D eigenvalue weighted by Gasteiger charge is 2.56. The summed E-state index contributed by atoms with van der Waals surface area (Å²) >= 11 is 6.48. The highest BCUT2D eigenvalue weighted by Crippen LogP contribution is 2.48. The minimum Gasteiger partial charge on any atom is -0.338 e. The summed E-state index contributed by atoms with van der Waals surface area (Å²) in [5.41, 5.74) is 1.47. The highest BCUT2D eigenvalue weighted by molar-refractivity contribution is 6.18. The maximum atomic E-state index is 14.0. The molecule has 1 saturated heterocycles. The van der Waals surface area contributed by atoms with Crippen LogP contribution in [0.25, 0.3) is 0 Å². The molecule has 2 aliphatic rings. The van der Waals surface area contributed by atoms with Gasteiger partial charge in [-0.3, -0.25) is 4.79 Å². The second-order valence-electron chi connectivity index (χ2n) is 7.64. The lowest BCUT2D eigenvalue weighted by atomic mass is 9.68. The van der Waals surface area contributed by atoms with Crippen LogP contribution in [0.2, 0.25) is 0 Å². The van der Waals surface area contributed by atoms with E-state index in [0.29, 0.717) is 11.9 Å². The number of carbonyl (C=O) groups is 1. The van der Waals surface area contributed by atoms with Crippen LogP contribution in [0.4, 0.5) is 0 Å². The quantitative estimate of drug-likeness (QED) is 0.696. The van der Waals surface area contributed by atoms with Crippen LogP contribution in [-0.2, 0) is 10.2 Å². The first-order valence-electron chi connectivity index (χ1n) is 9.76. The van der Waals surface area contributed by atoms with E-state index in [2.05, 4.69) is 29.2 Å². The van der Waals surface area contributed by atoms with Crippen LogP contribution in [0.3, 0.4) is 0 Å². The molecule has 0 N–H and O–H groups in total. The third-order valence-electron chi connectivity index (χ3n) is 6.29. The molecule has 0 radical (unpaired) electrons. The molecule has 1 aliphatic heterocycles. The molecule has 2 nitrogen and oxygen atoms in total. The van der Waals surface area contributed by atoms with E-state index in [9.17, 15) is 4.79 Å². The van der Waals surface area contributed by atoms with Crippen molar-refractivity contribution in [2.24, 2.45) is 5.92 Å². The Morgan fingerprint density at radius 1 is 0.885 bits per heavy atom. The highest BCUT2D eigenvalue weighted by atomic mass is 35.5. The Balaban J connectivity index is 1.85. The maximum Gasteiger partial charge on any atom is 0.238 e. The topological polar surface area (TPSA) is 20.3 Å². The van der Waals surface area contributed by atoms with E-state index >= 15 is 0 Å². The first kappa shape index (κ1) is 17.6. The number of nitrogens with zero attached hydrogens (tertiary/aromatic N) is 1. The zero-order valence-electron chi connectivity index (χ0n) is 15.1. The van der Waals surface area contributed by atoms with Crippen molar-refractivity contribution in [3.8, 4) is 0 Å². The Morgan fingerprint density at radius 2 is 1.42 bits per heavy atom. The summed E-state index contributed by atoms with van der Waals surface area (Å²) in [7, 11) is 0. The fourth-order valence-electron chi connectivity index (χ4n) is 5.02. The van der Waals surface area contributed by atoms with Crippen molar-refractivity contribution >= 4 is 17.5 Å². The van der Waals surface area contributed by atoms with Crippen molar-refractivity contribution in [3.63, 3.8) is 0 Å². The number of rotatable bonds is 4. The average Bonchev–Trinajstić information content (AvgIpc) is 3.03. The molecule has 1 heterocycles. The van der Waals surface area contributed by atoms with Crippen molar-refractivity contribution in [1.29, 1.82) is 0 Å². The number of hydrogen-bond donors (Lipinski definition) is 0. The Bertz CT molecular complexity index is 700. The number of likely N-dealkylation sites (tertiary alicyclic amines) is 1. The molecule has 0 spiro atoms. The smallest absolute Gasteiger partial charge is 0.238 e. The predicted octanol–water partition coefficient (Wildman–Crippen LogP) is 5.00. The second kappa shape index (κ2) is 7.44. The summed E-state index contributed by atoms with van der Waals surface area (Å²) in [6.45, 7) is 0.761. The fourth-order valence-corrected chi connectivity index (χ4v) is 5.35. The van der Waals surface area contributed by atoms with E-state index in [1.807, 2.05) is 36.4 Å². The van der Waals surface area contributed by atoms with Crippen molar-refractivity contribution in [2.75, 3.05) is 12.4 Å². The van der Waals surface area contributed by atoms with Gasteiger partial charge in [-0.1, -0.05) is 79.9 Å². The lowest BCUT2D eigenvalue weighted by Crippen LogP contribution is -2.45. The van der Waals surface area contributed by atoms with Crippen LogP contribution < -0.4 is 0 Å². The maximum absolute atomic E-state index is 14.0. The van der Waals surface area contributed by atoms with Gasteiger partial charge in [-0.15, -0.1) is 11.6 Å². The van der Waals surface area contributed by atoms with Gasteiger partial charge < -0.3 is 4.90 Å². The van der Waals surface area contributed by atoms with E-state index in [0.717, 1.165) is 30.5 Å². The summed E-state index contributed by atoms with van der Waals surface area (Å²) < 4.78 is 0. The predicted molar refractivity (Wildman–Crippen MR) is 106 cm³/mol. The van der Waals surface area contributed by atoms with Crippen molar-refractivity contribution in [3.05, 3.63) is 71.8 Å². The molecular formula is C23H26ClNO. The van der Waals surface area contributed by atoms with Gasteiger partial charge in [-0.05, 0) is 24.0 Å².